The van der Waals surface area contributed by atoms with Crippen LogP contribution in [0.1, 0.15) is 37.6 Å². The molecular formula is C17H16O7. The molecule has 0 aromatic heterocycles. The van der Waals surface area contributed by atoms with Crippen LogP contribution in [0.25, 0.3) is 10.8 Å². The molecule has 7 heteroatoms. The van der Waals surface area contributed by atoms with Crippen LogP contribution in [0, 0.1) is 0 Å². The molecule has 2 aromatic rings. The summed E-state index contributed by atoms with van der Waals surface area (Å²) in [5, 5.41) is 20.5. The van der Waals surface area contributed by atoms with Gasteiger partial charge in [0.2, 0.25) is 0 Å². The van der Waals surface area contributed by atoms with E-state index >= 15 is 0 Å². The number of benzene rings is 2. The van der Waals surface area contributed by atoms with E-state index in [0.29, 0.717) is 0 Å². The molecule has 0 aliphatic heterocycles. The minimum atomic E-state index is -0.672. The van der Waals surface area contributed by atoms with Crippen LogP contribution in [0.3, 0.4) is 0 Å². The number of Topliss-reactive ketones (excluding diaryl/α,β-unsaturated/α-hetero) is 1. The van der Waals surface area contributed by atoms with Gasteiger partial charge in [0.05, 0.1) is 16.3 Å². The zero-order valence-corrected chi connectivity index (χ0v) is 13.4. The lowest BCUT2D eigenvalue weighted by Crippen LogP contribution is -2.07. The van der Waals surface area contributed by atoms with Gasteiger partial charge in [0, 0.05) is 20.3 Å². The van der Waals surface area contributed by atoms with Crippen molar-refractivity contribution >= 4 is 28.5 Å². The van der Waals surface area contributed by atoms with Crippen LogP contribution in [0.4, 0.5) is 0 Å². The van der Waals surface area contributed by atoms with Crippen molar-refractivity contribution in [3.8, 4) is 23.0 Å². The molecule has 0 amide bonds. The number of carbonyl (C=O) groups excluding carboxylic acids is 3. The second-order valence-corrected chi connectivity index (χ2v) is 5.07. The summed E-state index contributed by atoms with van der Waals surface area (Å²) in [6.45, 7) is 3.93. The molecule has 24 heavy (non-hydrogen) atoms. The molecule has 2 rings (SSSR count). The van der Waals surface area contributed by atoms with Crippen molar-refractivity contribution in [1.82, 2.24) is 0 Å². The highest BCUT2D eigenvalue weighted by Crippen LogP contribution is 2.46. The molecule has 0 spiro atoms. The van der Waals surface area contributed by atoms with Crippen molar-refractivity contribution < 1.29 is 34.1 Å². The fourth-order valence-corrected chi connectivity index (χ4v) is 2.34. The number of ketones is 1. The first kappa shape index (κ1) is 17.3. The Balaban J connectivity index is 2.93. The van der Waals surface area contributed by atoms with Crippen LogP contribution >= 0.6 is 0 Å². The highest BCUT2D eigenvalue weighted by Gasteiger charge is 2.23. The van der Waals surface area contributed by atoms with Gasteiger partial charge in [0.15, 0.2) is 5.78 Å². The molecule has 0 aliphatic rings. The van der Waals surface area contributed by atoms with Gasteiger partial charge in [-0.25, -0.2) is 0 Å². The van der Waals surface area contributed by atoms with Crippen LogP contribution in [0.15, 0.2) is 18.2 Å². The molecule has 0 saturated heterocycles. The number of rotatable bonds is 4. The van der Waals surface area contributed by atoms with E-state index < -0.39 is 23.5 Å². The topological polar surface area (TPSA) is 110 Å². The number of hydrogen-bond donors (Lipinski definition) is 2. The molecule has 0 heterocycles. The Hall–Kier alpha value is -3.09. The first-order chi connectivity index (χ1) is 11.3. The van der Waals surface area contributed by atoms with Gasteiger partial charge in [0.1, 0.15) is 23.0 Å². The summed E-state index contributed by atoms with van der Waals surface area (Å²) in [4.78, 5) is 34.7. The molecule has 2 N–H and O–H groups in total. The lowest BCUT2D eigenvalue weighted by atomic mass is 9.99. The third-order valence-electron chi connectivity index (χ3n) is 3.29. The fraction of sp³-hybridized carbons (Fsp3) is 0.235. The van der Waals surface area contributed by atoms with Crippen molar-refractivity contribution in [2.75, 3.05) is 0 Å². The summed E-state index contributed by atoms with van der Waals surface area (Å²) in [7, 11) is 0. The van der Waals surface area contributed by atoms with Gasteiger partial charge < -0.3 is 19.7 Å². The number of ether oxygens (including phenoxy) is 2. The highest BCUT2D eigenvalue weighted by atomic mass is 16.5. The van der Waals surface area contributed by atoms with E-state index in [1.807, 2.05) is 0 Å². The zero-order valence-electron chi connectivity index (χ0n) is 13.4. The molecule has 0 radical (unpaired) electrons. The molecular weight excluding hydrogens is 316 g/mol. The van der Waals surface area contributed by atoms with Gasteiger partial charge in [-0.1, -0.05) is 6.92 Å². The first-order valence-electron chi connectivity index (χ1n) is 7.17. The zero-order chi connectivity index (χ0) is 18.0. The number of phenols is 2. The summed E-state index contributed by atoms with van der Waals surface area (Å²) in [6.07, 6.45) is 0.0975. The van der Waals surface area contributed by atoms with Gasteiger partial charge >= 0.3 is 11.9 Å². The van der Waals surface area contributed by atoms with Crippen molar-refractivity contribution in [3.05, 3.63) is 23.8 Å². The molecule has 7 nitrogen and oxygen atoms in total. The SMILES string of the molecule is CCC(=O)c1cc(OC(C)=O)c2c(O)ccc(OC(C)=O)c2c1O. The molecule has 0 saturated carbocycles. The highest BCUT2D eigenvalue weighted by molar-refractivity contribution is 6.11. The Bertz CT molecular complexity index is 852. The van der Waals surface area contributed by atoms with Crippen LogP contribution in [0.5, 0.6) is 23.0 Å². The molecule has 0 bridgehead atoms. The average Bonchev–Trinajstić information content (AvgIpc) is 2.50. The van der Waals surface area contributed by atoms with Crippen LogP contribution in [0.2, 0.25) is 0 Å². The van der Waals surface area contributed by atoms with E-state index in [2.05, 4.69) is 0 Å². The number of phenolic OH excluding ortho intramolecular Hbond substituents is 2. The number of hydrogen-bond acceptors (Lipinski definition) is 7. The molecule has 0 fully saturated rings. The molecule has 0 aliphatic carbocycles. The third-order valence-corrected chi connectivity index (χ3v) is 3.29. The van der Waals surface area contributed by atoms with Crippen LogP contribution in [-0.2, 0) is 9.59 Å². The minimum Gasteiger partial charge on any atom is -0.507 e. The van der Waals surface area contributed by atoms with Crippen molar-refractivity contribution in [3.63, 3.8) is 0 Å². The van der Waals surface area contributed by atoms with Gasteiger partial charge in [-0.3, -0.25) is 14.4 Å². The van der Waals surface area contributed by atoms with Gasteiger partial charge in [-0.2, -0.15) is 0 Å². The average molecular weight is 332 g/mol. The van der Waals surface area contributed by atoms with E-state index in [0.717, 1.165) is 6.92 Å². The summed E-state index contributed by atoms with van der Waals surface area (Å²) >= 11 is 0. The lowest BCUT2D eigenvalue weighted by molar-refractivity contribution is -0.132. The van der Waals surface area contributed by atoms with Gasteiger partial charge in [-0.15, -0.1) is 0 Å². The third kappa shape index (κ3) is 3.15. The standard InChI is InChI=1S/C17H16O7/c1-4-11(20)10-7-14(24-9(3)19)15-12(21)5-6-13(23-8(2)18)16(15)17(10)22/h5-7,21-22H,4H2,1-3H3. The quantitative estimate of drug-likeness (QED) is 0.503. The second-order valence-electron chi connectivity index (χ2n) is 5.07. The van der Waals surface area contributed by atoms with Gasteiger partial charge in [-0.05, 0) is 18.2 Å². The monoisotopic (exact) mass is 332 g/mol. The summed E-state index contributed by atoms with van der Waals surface area (Å²) in [5.74, 6) is -2.66. The van der Waals surface area contributed by atoms with Crippen molar-refractivity contribution in [1.29, 1.82) is 0 Å². The summed E-state index contributed by atoms with van der Waals surface area (Å²) in [5.41, 5.74) is -0.0970. The maximum Gasteiger partial charge on any atom is 0.308 e. The number of esters is 2. The van der Waals surface area contributed by atoms with Crippen LogP contribution < -0.4 is 9.47 Å². The Morgan fingerprint density at radius 2 is 1.54 bits per heavy atom. The molecule has 0 unspecified atom stereocenters. The fourth-order valence-electron chi connectivity index (χ4n) is 2.34. The number of aromatic hydroxyl groups is 2. The summed E-state index contributed by atoms with van der Waals surface area (Å²) < 4.78 is 10.1. The minimum absolute atomic E-state index is 0.0332. The Labute approximate surface area is 137 Å². The predicted octanol–water partition coefficient (Wildman–Crippen LogP) is 2.69. The Kier molecular flexibility index (Phi) is 4.73. The van der Waals surface area contributed by atoms with Crippen LogP contribution in [-0.4, -0.2) is 27.9 Å². The molecule has 2 aromatic carbocycles. The Morgan fingerprint density at radius 3 is 2.08 bits per heavy atom. The van der Waals surface area contributed by atoms with E-state index in [1.165, 1.54) is 25.1 Å². The normalized spacial score (nSPS) is 10.5. The van der Waals surface area contributed by atoms with E-state index in [1.54, 1.807) is 6.92 Å². The second kappa shape index (κ2) is 6.57. The van der Waals surface area contributed by atoms with Gasteiger partial charge in [0.25, 0.3) is 0 Å². The summed E-state index contributed by atoms with van der Waals surface area (Å²) in [6, 6.07) is 3.69. The maximum atomic E-state index is 12.1. The largest absolute Gasteiger partial charge is 0.507 e. The first-order valence-corrected chi connectivity index (χ1v) is 7.17. The lowest BCUT2D eigenvalue weighted by Gasteiger charge is -2.15. The van der Waals surface area contributed by atoms with E-state index in [9.17, 15) is 24.6 Å². The smallest absolute Gasteiger partial charge is 0.308 e. The van der Waals surface area contributed by atoms with E-state index in [4.69, 9.17) is 9.47 Å². The van der Waals surface area contributed by atoms with Crippen molar-refractivity contribution in [2.45, 2.75) is 27.2 Å². The number of fused-ring (bicyclic) bond motifs is 1. The Morgan fingerprint density at radius 1 is 0.958 bits per heavy atom. The maximum absolute atomic E-state index is 12.1. The molecule has 0 atom stereocenters. The van der Waals surface area contributed by atoms with E-state index in [-0.39, 0.29) is 40.0 Å². The predicted molar refractivity (Wildman–Crippen MR) is 84.5 cm³/mol. The number of carbonyl (C=O) groups is 3. The molecule has 126 valence electrons. The van der Waals surface area contributed by atoms with Crippen molar-refractivity contribution in [2.24, 2.45) is 0 Å².